The van der Waals surface area contributed by atoms with Crippen molar-refractivity contribution in [2.75, 3.05) is 32.8 Å². The zero-order chi connectivity index (χ0) is 26.1. The van der Waals surface area contributed by atoms with E-state index in [9.17, 15) is 0 Å². The van der Waals surface area contributed by atoms with Gasteiger partial charge in [0.05, 0.1) is 11.6 Å². The van der Waals surface area contributed by atoms with Gasteiger partial charge in [-0.25, -0.2) is 9.97 Å². The van der Waals surface area contributed by atoms with Crippen LogP contribution in [0.5, 0.6) is 11.6 Å². The molecule has 2 fully saturated rings. The Labute approximate surface area is 228 Å². The van der Waals surface area contributed by atoms with Crippen molar-refractivity contribution in [2.45, 2.75) is 44.9 Å². The second kappa shape index (κ2) is 10.5. The van der Waals surface area contributed by atoms with Gasteiger partial charge in [-0.1, -0.05) is 41.9 Å². The molecule has 1 saturated heterocycles. The lowest BCUT2D eigenvalue weighted by molar-refractivity contribution is 0.170. The molecule has 2 aliphatic rings. The maximum Gasteiger partial charge on any atom is 0.245 e. The van der Waals surface area contributed by atoms with E-state index in [1.54, 1.807) is 6.33 Å². The summed E-state index contributed by atoms with van der Waals surface area (Å²) in [7, 11) is 0. The van der Waals surface area contributed by atoms with Gasteiger partial charge in [0.15, 0.2) is 11.2 Å². The minimum atomic E-state index is -0.177. The first-order valence-corrected chi connectivity index (χ1v) is 13.7. The summed E-state index contributed by atoms with van der Waals surface area (Å²) in [4.78, 5) is 16.4. The molecule has 3 heterocycles. The number of fused-ring (bicyclic) bond motifs is 1. The predicted octanol–water partition coefficient (Wildman–Crippen LogP) is 4.80. The van der Waals surface area contributed by atoms with Crippen LogP contribution in [0, 0.1) is 0 Å². The zero-order valence-corrected chi connectivity index (χ0v) is 22.6. The maximum absolute atomic E-state index is 6.85. The van der Waals surface area contributed by atoms with Crippen LogP contribution in [0.2, 0.25) is 5.02 Å². The highest BCUT2D eigenvalue weighted by molar-refractivity contribution is 6.33. The Morgan fingerprint density at radius 3 is 2.74 bits per heavy atom. The number of aromatic nitrogens is 4. The van der Waals surface area contributed by atoms with Crippen LogP contribution in [-0.2, 0) is 6.54 Å². The molecular weight excluding hydrogens is 500 g/mol. The molecular formula is C29H33ClN6O2. The highest BCUT2D eigenvalue weighted by Crippen LogP contribution is 2.41. The molecule has 0 bridgehead atoms. The quantitative estimate of drug-likeness (QED) is 0.332. The molecule has 1 unspecified atom stereocenters. The van der Waals surface area contributed by atoms with Crippen molar-refractivity contribution in [1.82, 2.24) is 29.7 Å². The molecule has 8 nitrogen and oxygen atoms in total. The van der Waals surface area contributed by atoms with Gasteiger partial charge in [-0.15, -0.1) is 0 Å². The van der Waals surface area contributed by atoms with Gasteiger partial charge in [-0.2, -0.15) is 4.98 Å². The maximum atomic E-state index is 6.85. The largest absolute Gasteiger partial charge is 0.492 e. The molecule has 2 aromatic heterocycles. The Kier molecular flexibility index (Phi) is 6.95. The van der Waals surface area contributed by atoms with E-state index in [4.69, 9.17) is 26.1 Å². The number of benzene rings is 2. The first-order valence-electron chi connectivity index (χ1n) is 13.3. The first kappa shape index (κ1) is 25.1. The van der Waals surface area contributed by atoms with E-state index in [2.05, 4.69) is 50.7 Å². The Hall–Kier alpha value is -3.20. The van der Waals surface area contributed by atoms with E-state index in [0.717, 1.165) is 67.4 Å². The lowest BCUT2D eigenvalue weighted by Crippen LogP contribution is -2.50. The number of hydrogen-bond donors (Lipinski definition) is 1. The van der Waals surface area contributed by atoms with Crippen molar-refractivity contribution < 1.29 is 9.47 Å². The van der Waals surface area contributed by atoms with Crippen molar-refractivity contribution in [2.24, 2.45) is 0 Å². The average molecular weight is 533 g/mol. The minimum absolute atomic E-state index is 0.177. The van der Waals surface area contributed by atoms with Crippen LogP contribution in [0.3, 0.4) is 0 Å². The molecule has 38 heavy (non-hydrogen) atoms. The molecule has 198 valence electrons. The van der Waals surface area contributed by atoms with E-state index in [1.807, 2.05) is 36.4 Å². The summed E-state index contributed by atoms with van der Waals surface area (Å²) in [6.45, 7) is 9.50. The van der Waals surface area contributed by atoms with E-state index in [1.165, 1.54) is 0 Å². The van der Waals surface area contributed by atoms with Gasteiger partial charge in [-0.05, 0) is 50.5 Å². The van der Waals surface area contributed by atoms with Gasteiger partial charge in [0.25, 0.3) is 0 Å². The number of nitrogens with zero attached hydrogens (tertiary/aromatic N) is 5. The van der Waals surface area contributed by atoms with E-state index < -0.39 is 0 Å². The Balaban J connectivity index is 1.29. The van der Waals surface area contributed by atoms with Gasteiger partial charge >= 0.3 is 0 Å². The number of rotatable bonds is 9. The van der Waals surface area contributed by atoms with Crippen LogP contribution in [0.4, 0.5) is 0 Å². The normalized spacial score (nSPS) is 19.0. The molecule has 4 aromatic rings. The molecule has 9 heteroatoms. The molecule has 0 amide bonds. The number of halogens is 1. The van der Waals surface area contributed by atoms with Crippen molar-refractivity contribution in [3.05, 3.63) is 65.4 Å². The molecule has 1 atom stereocenters. The fourth-order valence-electron chi connectivity index (χ4n) is 4.90. The number of piperazine rings is 1. The van der Waals surface area contributed by atoms with Crippen LogP contribution < -0.4 is 14.8 Å². The lowest BCUT2D eigenvalue weighted by atomic mass is 10.2. The van der Waals surface area contributed by atoms with Crippen molar-refractivity contribution in [3.63, 3.8) is 0 Å². The van der Waals surface area contributed by atoms with Gasteiger partial charge in [0, 0.05) is 37.8 Å². The summed E-state index contributed by atoms with van der Waals surface area (Å²) in [6, 6.07) is 16.6. The van der Waals surface area contributed by atoms with Gasteiger partial charge in [0.1, 0.15) is 30.1 Å². The number of ether oxygens (including phenoxy) is 2. The second-order valence-electron chi connectivity index (χ2n) is 10.6. The highest BCUT2D eigenvalue weighted by Gasteiger charge is 2.41. The smallest absolute Gasteiger partial charge is 0.245 e. The number of imidazole rings is 1. The zero-order valence-electron chi connectivity index (χ0n) is 21.9. The van der Waals surface area contributed by atoms with Gasteiger partial charge in [0.2, 0.25) is 5.88 Å². The van der Waals surface area contributed by atoms with E-state index >= 15 is 0 Å². The summed E-state index contributed by atoms with van der Waals surface area (Å²) in [5, 5.41) is 4.05. The monoisotopic (exact) mass is 532 g/mol. The van der Waals surface area contributed by atoms with Crippen LogP contribution in [0.15, 0.2) is 54.9 Å². The predicted molar refractivity (Wildman–Crippen MR) is 149 cm³/mol. The standard InChI is InChI=1S/C29H33ClN6O2/c1-20-17-35(13-12-31-20)14-15-37-22-8-9-23(24(30)16-22)26-34-25-27(36(26)18-21-6-4-3-5-7-21)32-19-33-28(25)38-29(2)10-11-29/h3-9,16,19-20,31H,10-15,17-18H2,1-2H3. The van der Waals surface area contributed by atoms with Crippen LogP contribution in [0.1, 0.15) is 32.3 Å². The molecule has 0 spiro atoms. The van der Waals surface area contributed by atoms with E-state index in [0.29, 0.717) is 35.6 Å². The number of hydrogen-bond acceptors (Lipinski definition) is 7. The first-order chi connectivity index (χ1) is 18.5. The summed E-state index contributed by atoms with van der Waals surface area (Å²) in [6.07, 6.45) is 3.57. The fourth-order valence-corrected chi connectivity index (χ4v) is 5.15. The lowest BCUT2D eigenvalue weighted by Gasteiger charge is -2.31. The Morgan fingerprint density at radius 1 is 1.13 bits per heavy atom. The van der Waals surface area contributed by atoms with Crippen molar-refractivity contribution in [3.8, 4) is 23.0 Å². The van der Waals surface area contributed by atoms with Crippen molar-refractivity contribution >= 4 is 22.8 Å². The number of nitrogens with one attached hydrogen (secondary N) is 1. The Bertz CT molecular complexity index is 1420. The van der Waals surface area contributed by atoms with Gasteiger partial charge in [-0.3, -0.25) is 4.90 Å². The summed E-state index contributed by atoms with van der Waals surface area (Å²) < 4.78 is 14.4. The second-order valence-corrected chi connectivity index (χ2v) is 11.0. The van der Waals surface area contributed by atoms with Gasteiger partial charge < -0.3 is 19.4 Å². The summed E-state index contributed by atoms with van der Waals surface area (Å²) >= 11 is 6.85. The minimum Gasteiger partial charge on any atom is -0.492 e. The van der Waals surface area contributed by atoms with Crippen molar-refractivity contribution in [1.29, 1.82) is 0 Å². The van der Waals surface area contributed by atoms with Crippen LogP contribution in [0.25, 0.3) is 22.6 Å². The molecule has 0 radical (unpaired) electrons. The molecule has 1 aliphatic heterocycles. The topological polar surface area (TPSA) is 77.3 Å². The SMILES string of the molecule is CC1CN(CCOc2ccc(-c3nc4c(OC5(C)CC5)ncnc4n3Cc3ccccc3)c(Cl)c2)CCN1. The fraction of sp³-hybridized carbons (Fsp3) is 0.414. The average Bonchev–Trinajstić information content (AvgIpc) is 3.53. The van der Waals surface area contributed by atoms with Crippen LogP contribution >= 0.6 is 11.6 Å². The third-order valence-electron chi connectivity index (χ3n) is 7.29. The third-order valence-corrected chi connectivity index (χ3v) is 7.60. The van der Waals surface area contributed by atoms with Crippen LogP contribution in [-0.4, -0.2) is 68.8 Å². The summed E-state index contributed by atoms with van der Waals surface area (Å²) in [5.74, 6) is 1.99. The summed E-state index contributed by atoms with van der Waals surface area (Å²) in [5.41, 5.74) is 3.14. The molecule has 1 aliphatic carbocycles. The third kappa shape index (κ3) is 5.48. The molecule has 6 rings (SSSR count). The molecule has 2 aromatic carbocycles. The highest BCUT2D eigenvalue weighted by atomic mass is 35.5. The Morgan fingerprint density at radius 2 is 1.97 bits per heavy atom. The molecule has 1 N–H and O–H groups in total. The molecule has 1 saturated carbocycles. The van der Waals surface area contributed by atoms with E-state index in [-0.39, 0.29) is 5.60 Å².